The van der Waals surface area contributed by atoms with Gasteiger partial charge in [-0.15, -0.1) is 0 Å². The van der Waals surface area contributed by atoms with E-state index in [0.29, 0.717) is 29.6 Å². The number of benzene rings is 1. The van der Waals surface area contributed by atoms with Crippen LogP contribution < -0.4 is 10.1 Å². The van der Waals surface area contributed by atoms with Gasteiger partial charge in [0.25, 0.3) is 5.95 Å². The third-order valence-electron chi connectivity index (χ3n) is 3.64. The van der Waals surface area contributed by atoms with Crippen molar-refractivity contribution in [2.75, 3.05) is 12.4 Å². The van der Waals surface area contributed by atoms with Crippen molar-refractivity contribution < 1.29 is 9.53 Å². The Hall–Kier alpha value is -3.22. The highest BCUT2D eigenvalue weighted by Gasteiger charge is 2.10. The molecule has 122 valence electrons. The Kier molecular flexibility index (Phi) is 4.51. The van der Waals surface area contributed by atoms with Crippen LogP contribution in [0.15, 0.2) is 42.7 Å². The van der Waals surface area contributed by atoms with Crippen molar-refractivity contribution >= 4 is 12.1 Å². The van der Waals surface area contributed by atoms with Crippen LogP contribution in [0, 0.1) is 6.92 Å². The van der Waals surface area contributed by atoms with Crippen molar-refractivity contribution in [1.82, 2.24) is 19.7 Å². The van der Waals surface area contributed by atoms with E-state index in [1.54, 1.807) is 31.0 Å². The molecule has 1 N–H and O–H groups in total. The summed E-state index contributed by atoms with van der Waals surface area (Å²) in [7, 11) is 1.64. The predicted molar refractivity (Wildman–Crippen MR) is 89.6 cm³/mol. The van der Waals surface area contributed by atoms with Gasteiger partial charge in [-0.1, -0.05) is 12.1 Å². The van der Waals surface area contributed by atoms with Gasteiger partial charge in [-0.25, -0.2) is 9.67 Å². The lowest BCUT2D eigenvalue weighted by Gasteiger charge is -2.08. The van der Waals surface area contributed by atoms with Crippen LogP contribution in [0.1, 0.15) is 21.6 Å². The monoisotopic (exact) mass is 323 g/mol. The van der Waals surface area contributed by atoms with Crippen molar-refractivity contribution in [3.63, 3.8) is 0 Å². The van der Waals surface area contributed by atoms with Gasteiger partial charge in [0.15, 0.2) is 6.29 Å². The molecule has 0 unspecified atom stereocenters. The summed E-state index contributed by atoms with van der Waals surface area (Å²) in [6, 6.07) is 9.59. The molecule has 2 heterocycles. The second-order valence-electron chi connectivity index (χ2n) is 5.16. The van der Waals surface area contributed by atoms with Gasteiger partial charge in [0.2, 0.25) is 0 Å². The van der Waals surface area contributed by atoms with E-state index in [1.807, 2.05) is 24.3 Å². The molecule has 0 saturated carbocycles. The van der Waals surface area contributed by atoms with E-state index in [0.717, 1.165) is 17.6 Å². The number of carbonyl (C=O) groups excluding carboxylic acids is 1. The molecule has 0 saturated heterocycles. The molecule has 0 aliphatic carbocycles. The van der Waals surface area contributed by atoms with Crippen molar-refractivity contribution in [3.05, 3.63) is 59.5 Å². The molecule has 0 amide bonds. The highest BCUT2D eigenvalue weighted by atomic mass is 16.5. The fourth-order valence-corrected chi connectivity index (χ4v) is 2.22. The van der Waals surface area contributed by atoms with Gasteiger partial charge in [-0.2, -0.15) is 10.1 Å². The Bertz CT molecular complexity index is 842. The van der Waals surface area contributed by atoms with Crippen LogP contribution in [0.2, 0.25) is 0 Å². The van der Waals surface area contributed by atoms with Gasteiger partial charge >= 0.3 is 0 Å². The van der Waals surface area contributed by atoms with Crippen molar-refractivity contribution in [2.24, 2.45) is 0 Å². The normalized spacial score (nSPS) is 10.4. The van der Waals surface area contributed by atoms with Crippen molar-refractivity contribution in [3.8, 4) is 11.7 Å². The van der Waals surface area contributed by atoms with E-state index in [2.05, 4.69) is 20.4 Å². The van der Waals surface area contributed by atoms with Crippen LogP contribution in [-0.2, 0) is 6.54 Å². The molecule has 0 atom stereocenters. The van der Waals surface area contributed by atoms with E-state index in [-0.39, 0.29) is 0 Å². The lowest BCUT2D eigenvalue weighted by Crippen LogP contribution is -2.08. The lowest BCUT2D eigenvalue weighted by molar-refractivity contribution is 0.112. The van der Waals surface area contributed by atoms with Crippen LogP contribution in [0.5, 0.6) is 5.75 Å². The van der Waals surface area contributed by atoms with Crippen LogP contribution in [0.3, 0.4) is 0 Å². The Morgan fingerprint density at radius 1 is 1.25 bits per heavy atom. The number of methoxy groups -OCH3 is 1. The predicted octanol–water partition coefficient (Wildman–Crippen LogP) is 2.40. The van der Waals surface area contributed by atoms with Crippen LogP contribution in [0.4, 0.5) is 5.82 Å². The van der Waals surface area contributed by atoms with E-state index >= 15 is 0 Å². The third kappa shape index (κ3) is 3.24. The van der Waals surface area contributed by atoms with Crippen LogP contribution >= 0.6 is 0 Å². The van der Waals surface area contributed by atoms with Crippen molar-refractivity contribution in [1.29, 1.82) is 0 Å². The molecule has 0 spiro atoms. The summed E-state index contributed by atoms with van der Waals surface area (Å²) in [5, 5.41) is 7.40. The Labute approximate surface area is 139 Å². The summed E-state index contributed by atoms with van der Waals surface area (Å²) in [4.78, 5) is 19.6. The maximum atomic E-state index is 10.9. The van der Waals surface area contributed by atoms with Crippen LogP contribution in [0.25, 0.3) is 5.95 Å². The number of ether oxygens (including phenoxy) is 1. The average Bonchev–Trinajstić information content (AvgIpc) is 3.01. The number of nitrogens with one attached hydrogen (secondary N) is 1. The largest absolute Gasteiger partial charge is 0.497 e. The fraction of sp³-hybridized carbons (Fsp3) is 0.176. The first-order chi connectivity index (χ1) is 11.7. The quantitative estimate of drug-likeness (QED) is 0.702. The number of carbonyl (C=O) groups is 1. The highest BCUT2D eigenvalue weighted by molar-refractivity contribution is 5.76. The molecule has 3 rings (SSSR count). The zero-order valence-electron chi connectivity index (χ0n) is 13.4. The first kappa shape index (κ1) is 15.7. The Balaban J connectivity index is 1.75. The minimum absolute atomic E-state index is 0.417. The molecule has 0 bridgehead atoms. The van der Waals surface area contributed by atoms with Gasteiger partial charge in [-0.3, -0.25) is 4.79 Å². The van der Waals surface area contributed by atoms with E-state index in [4.69, 9.17) is 4.74 Å². The standard InChI is InChI=1S/C17H17N5O2/c1-12-14(11-23)10-20-22(12)17-18-8-7-16(21-17)19-9-13-3-5-15(24-2)6-4-13/h3-8,10-11H,9H2,1-2H3,(H,18,19,21). The van der Waals surface area contributed by atoms with Gasteiger partial charge in [0.1, 0.15) is 11.6 Å². The van der Waals surface area contributed by atoms with Crippen molar-refractivity contribution in [2.45, 2.75) is 13.5 Å². The zero-order valence-corrected chi connectivity index (χ0v) is 13.4. The second-order valence-corrected chi connectivity index (χ2v) is 5.16. The van der Waals surface area contributed by atoms with Gasteiger partial charge in [0.05, 0.1) is 24.6 Å². The molecule has 7 heteroatoms. The fourth-order valence-electron chi connectivity index (χ4n) is 2.22. The summed E-state index contributed by atoms with van der Waals surface area (Å²) in [6.45, 7) is 2.43. The maximum absolute atomic E-state index is 10.9. The molecule has 7 nitrogen and oxygen atoms in total. The van der Waals surface area contributed by atoms with Gasteiger partial charge < -0.3 is 10.1 Å². The molecule has 0 aliphatic rings. The molecular weight excluding hydrogens is 306 g/mol. The van der Waals surface area contributed by atoms with Crippen LogP contribution in [-0.4, -0.2) is 33.1 Å². The Morgan fingerprint density at radius 2 is 2.04 bits per heavy atom. The lowest BCUT2D eigenvalue weighted by atomic mass is 10.2. The summed E-state index contributed by atoms with van der Waals surface area (Å²) in [6.07, 6.45) is 3.92. The van der Waals surface area contributed by atoms with E-state index < -0.39 is 0 Å². The number of rotatable bonds is 6. The number of anilines is 1. The highest BCUT2D eigenvalue weighted by Crippen LogP contribution is 2.14. The smallest absolute Gasteiger partial charge is 0.252 e. The Morgan fingerprint density at radius 3 is 2.71 bits per heavy atom. The number of aromatic nitrogens is 4. The van der Waals surface area contributed by atoms with Gasteiger partial charge in [-0.05, 0) is 30.7 Å². The van der Waals surface area contributed by atoms with E-state index in [9.17, 15) is 4.79 Å². The number of hydrogen-bond acceptors (Lipinski definition) is 6. The molecular formula is C17H17N5O2. The first-order valence-electron chi connectivity index (χ1n) is 7.41. The average molecular weight is 323 g/mol. The zero-order chi connectivity index (χ0) is 16.9. The second kappa shape index (κ2) is 6.91. The van der Waals surface area contributed by atoms with Gasteiger partial charge in [0, 0.05) is 12.7 Å². The summed E-state index contributed by atoms with van der Waals surface area (Å²) in [5.41, 5.74) is 2.34. The summed E-state index contributed by atoms with van der Waals surface area (Å²) in [5.74, 6) is 1.92. The summed E-state index contributed by atoms with van der Waals surface area (Å²) < 4.78 is 6.69. The minimum Gasteiger partial charge on any atom is -0.497 e. The molecule has 0 fully saturated rings. The topological polar surface area (TPSA) is 81.9 Å². The molecule has 1 aromatic carbocycles. The molecule has 0 aliphatic heterocycles. The third-order valence-corrected chi connectivity index (χ3v) is 3.64. The SMILES string of the molecule is COc1ccc(CNc2ccnc(-n3ncc(C=O)c3C)n2)cc1. The number of hydrogen-bond donors (Lipinski definition) is 1. The maximum Gasteiger partial charge on any atom is 0.252 e. The minimum atomic E-state index is 0.417. The molecule has 24 heavy (non-hydrogen) atoms. The molecule has 0 radical (unpaired) electrons. The van der Waals surface area contributed by atoms with E-state index in [1.165, 1.54) is 6.20 Å². The number of nitrogens with zero attached hydrogens (tertiary/aromatic N) is 4. The first-order valence-corrected chi connectivity index (χ1v) is 7.41. The number of aldehydes is 1. The molecule has 3 aromatic rings. The summed E-state index contributed by atoms with van der Waals surface area (Å²) >= 11 is 0. The molecule has 2 aromatic heterocycles.